The van der Waals surface area contributed by atoms with Crippen LogP contribution in [-0.4, -0.2) is 64.5 Å². The molecule has 0 saturated carbocycles. The molecule has 2 aliphatic rings. The van der Waals surface area contributed by atoms with Crippen LogP contribution in [0.1, 0.15) is 19.8 Å². The zero-order valence-electron chi connectivity index (χ0n) is 10.0. The highest BCUT2D eigenvalue weighted by Gasteiger charge is 2.42. The van der Waals surface area contributed by atoms with E-state index >= 15 is 0 Å². The van der Waals surface area contributed by atoms with Crippen LogP contribution in [-0.2, 0) is 9.59 Å². The van der Waals surface area contributed by atoms with E-state index < -0.39 is 18.1 Å². The van der Waals surface area contributed by atoms with Gasteiger partial charge >= 0.3 is 5.97 Å². The summed E-state index contributed by atoms with van der Waals surface area (Å²) in [7, 11) is 0. The van der Waals surface area contributed by atoms with Gasteiger partial charge in [0.05, 0.1) is 6.04 Å². The average Bonchev–Trinajstić information content (AvgIpc) is 2.72. The van der Waals surface area contributed by atoms with Crippen LogP contribution in [0.2, 0.25) is 0 Å². The molecule has 6 nitrogen and oxygen atoms in total. The number of piperazine rings is 1. The van der Waals surface area contributed by atoms with Gasteiger partial charge in [0.1, 0.15) is 6.04 Å². The van der Waals surface area contributed by atoms with Crippen LogP contribution in [0, 0.1) is 0 Å². The number of rotatable bonds is 2. The Kier molecular flexibility index (Phi) is 3.35. The number of carboxylic acid groups (broad SMARTS) is 1. The molecule has 2 aliphatic heterocycles. The summed E-state index contributed by atoms with van der Waals surface area (Å²) < 4.78 is 0. The number of nitrogens with two attached hydrogens (primary N) is 1. The number of nitrogens with zero attached hydrogens (tertiary/aromatic N) is 2. The van der Waals surface area contributed by atoms with Gasteiger partial charge < -0.3 is 15.7 Å². The van der Waals surface area contributed by atoms with Crippen molar-refractivity contribution in [3.8, 4) is 0 Å². The van der Waals surface area contributed by atoms with E-state index in [0.29, 0.717) is 19.1 Å². The van der Waals surface area contributed by atoms with Gasteiger partial charge in [0.25, 0.3) is 0 Å². The van der Waals surface area contributed by atoms with Crippen molar-refractivity contribution in [2.75, 3.05) is 19.6 Å². The molecule has 96 valence electrons. The second kappa shape index (κ2) is 4.62. The molecule has 17 heavy (non-hydrogen) atoms. The Morgan fingerprint density at radius 2 is 2.12 bits per heavy atom. The lowest BCUT2D eigenvalue weighted by molar-refractivity contribution is -0.155. The first-order chi connectivity index (χ1) is 8.00. The molecule has 0 aromatic heterocycles. The van der Waals surface area contributed by atoms with Crippen molar-refractivity contribution in [2.45, 2.75) is 37.9 Å². The number of amides is 1. The summed E-state index contributed by atoms with van der Waals surface area (Å²) in [5.74, 6) is -1.20. The summed E-state index contributed by atoms with van der Waals surface area (Å²) in [5, 5.41) is 9.20. The lowest BCUT2D eigenvalue weighted by atomic mass is 10.1. The van der Waals surface area contributed by atoms with Crippen molar-refractivity contribution in [3.63, 3.8) is 0 Å². The van der Waals surface area contributed by atoms with Gasteiger partial charge in [-0.2, -0.15) is 0 Å². The van der Waals surface area contributed by atoms with Crippen molar-refractivity contribution >= 4 is 11.9 Å². The van der Waals surface area contributed by atoms with Crippen molar-refractivity contribution in [1.82, 2.24) is 9.80 Å². The van der Waals surface area contributed by atoms with Gasteiger partial charge in [-0.3, -0.25) is 9.69 Å². The van der Waals surface area contributed by atoms with Crippen LogP contribution in [0.15, 0.2) is 0 Å². The second-order valence-corrected chi connectivity index (χ2v) is 4.92. The largest absolute Gasteiger partial charge is 0.480 e. The number of aliphatic carboxylic acids is 1. The third-order valence-electron chi connectivity index (χ3n) is 3.65. The van der Waals surface area contributed by atoms with Crippen LogP contribution in [0.3, 0.4) is 0 Å². The Balaban J connectivity index is 2.16. The van der Waals surface area contributed by atoms with Crippen LogP contribution >= 0.6 is 0 Å². The van der Waals surface area contributed by atoms with Gasteiger partial charge in [0, 0.05) is 19.1 Å². The first-order valence-electron chi connectivity index (χ1n) is 6.03. The third-order valence-corrected chi connectivity index (χ3v) is 3.65. The zero-order chi connectivity index (χ0) is 12.6. The Hall–Kier alpha value is -1.14. The van der Waals surface area contributed by atoms with Crippen LogP contribution in [0.4, 0.5) is 0 Å². The van der Waals surface area contributed by atoms with E-state index in [9.17, 15) is 14.7 Å². The summed E-state index contributed by atoms with van der Waals surface area (Å²) in [6.07, 6.45) is 2.12. The van der Waals surface area contributed by atoms with Crippen LogP contribution in [0.5, 0.6) is 0 Å². The number of hydrogen-bond donors (Lipinski definition) is 2. The molecule has 0 radical (unpaired) electrons. The Morgan fingerprint density at radius 1 is 1.41 bits per heavy atom. The maximum atomic E-state index is 11.9. The Bertz CT molecular complexity index is 332. The number of carbonyl (C=O) groups excluding carboxylic acids is 1. The Labute approximate surface area is 100 Å². The smallest absolute Gasteiger partial charge is 0.327 e. The van der Waals surface area contributed by atoms with Gasteiger partial charge in [-0.15, -0.1) is 0 Å². The van der Waals surface area contributed by atoms with E-state index in [4.69, 9.17) is 5.73 Å². The van der Waals surface area contributed by atoms with Gasteiger partial charge in [-0.25, -0.2) is 4.79 Å². The minimum atomic E-state index is -0.940. The first-order valence-corrected chi connectivity index (χ1v) is 6.03. The molecule has 0 aromatic carbocycles. The van der Waals surface area contributed by atoms with Gasteiger partial charge in [-0.1, -0.05) is 0 Å². The van der Waals surface area contributed by atoms with Gasteiger partial charge in [0.15, 0.2) is 0 Å². The maximum Gasteiger partial charge on any atom is 0.327 e. The molecule has 2 fully saturated rings. The molecule has 3 atom stereocenters. The van der Waals surface area contributed by atoms with Crippen LogP contribution < -0.4 is 5.73 Å². The summed E-state index contributed by atoms with van der Waals surface area (Å²) in [6, 6.07) is -1.07. The lowest BCUT2D eigenvalue weighted by Crippen LogP contribution is -2.62. The van der Waals surface area contributed by atoms with E-state index in [1.54, 1.807) is 6.92 Å². The van der Waals surface area contributed by atoms with E-state index in [-0.39, 0.29) is 5.91 Å². The fourth-order valence-electron chi connectivity index (χ4n) is 2.73. The summed E-state index contributed by atoms with van der Waals surface area (Å²) >= 11 is 0. The summed E-state index contributed by atoms with van der Waals surface area (Å²) in [4.78, 5) is 26.8. The topological polar surface area (TPSA) is 86.9 Å². The van der Waals surface area contributed by atoms with Gasteiger partial charge in [0.2, 0.25) is 5.91 Å². The highest BCUT2D eigenvalue weighted by molar-refractivity contribution is 5.87. The van der Waals surface area contributed by atoms with Crippen LogP contribution in [0.25, 0.3) is 0 Å². The molecule has 1 amide bonds. The molecule has 0 aliphatic carbocycles. The van der Waals surface area contributed by atoms with Crippen molar-refractivity contribution in [1.29, 1.82) is 0 Å². The highest BCUT2D eigenvalue weighted by atomic mass is 16.4. The molecular weight excluding hydrogens is 222 g/mol. The fraction of sp³-hybridized carbons (Fsp3) is 0.818. The molecule has 0 spiro atoms. The summed E-state index contributed by atoms with van der Waals surface area (Å²) in [5.41, 5.74) is 5.57. The third kappa shape index (κ3) is 2.28. The fourth-order valence-corrected chi connectivity index (χ4v) is 2.73. The van der Waals surface area contributed by atoms with Crippen molar-refractivity contribution in [3.05, 3.63) is 0 Å². The minimum absolute atomic E-state index is 0.260. The predicted molar refractivity (Wildman–Crippen MR) is 61.4 cm³/mol. The SMILES string of the molecule is CC(N)C(=O)N1CC2CCCN2CC1C(=O)O. The normalized spacial score (nSPS) is 31.1. The minimum Gasteiger partial charge on any atom is -0.480 e. The maximum absolute atomic E-state index is 11.9. The molecule has 3 N–H and O–H groups in total. The standard InChI is InChI=1S/C11H19N3O3/c1-7(12)10(15)14-5-8-3-2-4-13(8)6-9(14)11(16)17/h7-9H,2-6,12H2,1H3,(H,16,17). The first kappa shape index (κ1) is 12.3. The Morgan fingerprint density at radius 3 is 2.71 bits per heavy atom. The van der Waals surface area contributed by atoms with E-state index in [1.807, 2.05) is 0 Å². The van der Waals surface area contributed by atoms with E-state index in [2.05, 4.69) is 4.90 Å². The monoisotopic (exact) mass is 241 g/mol. The molecular formula is C11H19N3O3. The van der Waals surface area contributed by atoms with Crippen molar-refractivity contribution in [2.24, 2.45) is 5.73 Å². The molecule has 6 heteroatoms. The molecule has 2 rings (SSSR count). The molecule has 3 unspecified atom stereocenters. The number of hydrogen-bond acceptors (Lipinski definition) is 4. The zero-order valence-corrected chi connectivity index (χ0v) is 10.0. The molecule has 0 bridgehead atoms. The number of carboxylic acids is 1. The number of fused-ring (bicyclic) bond motifs is 1. The number of carbonyl (C=O) groups is 2. The van der Waals surface area contributed by atoms with Gasteiger partial charge in [-0.05, 0) is 26.3 Å². The molecule has 2 saturated heterocycles. The highest BCUT2D eigenvalue weighted by Crippen LogP contribution is 2.25. The molecule has 0 aromatic rings. The van der Waals surface area contributed by atoms with E-state index in [0.717, 1.165) is 19.4 Å². The van der Waals surface area contributed by atoms with Crippen molar-refractivity contribution < 1.29 is 14.7 Å². The quantitative estimate of drug-likeness (QED) is 0.654. The van der Waals surface area contributed by atoms with E-state index in [1.165, 1.54) is 4.90 Å². The summed E-state index contributed by atoms with van der Waals surface area (Å²) in [6.45, 7) is 3.47. The second-order valence-electron chi connectivity index (χ2n) is 4.92. The lowest BCUT2D eigenvalue weighted by Gasteiger charge is -2.42. The predicted octanol–water partition coefficient (Wildman–Crippen LogP) is -0.907. The average molecular weight is 241 g/mol. The molecule has 2 heterocycles.